The first-order chi connectivity index (χ1) is 18.9. The normalized spacial score (nSPS) is 19.4. The molecule has 2 aromatic rings. The lowest BCUT2D eigenvalue weighted by Gasteiger charge is -2.27. The summed E-state index contributed by atoms with van der Waals surface area (Å²) in [6, 6.07) is 16.5. The number of nitrogens with zero attached hydrogens (tertiary/aromatic N) is 2. The molecule has 1 aliphatic heterocycles. The van der Waals surface area contributed by atoms with E-state index in [9.17, 15) is 5.11 Å². The molecule has 0 bridgehead atoms. The fourth-order valence-electron chi connectivity index (χ4n) is 4.84. The highest BCUT2D eigenvalue weighted by Gasteiger charge is 2.26. The second-order valence-electron chi connectivity index (χ2n) is 10.3. The second kappa shape index (κ2) is 15.1. The van der Waals surface area contributed by atoms with Crippen molar-refractivity contribution in [2.24, 2.45) is 21.8 Å². The number of rotatable bonds is 12. The average Bonchev–Trinajstić information content (AvgIpc) is 2.94. The first-order valence-corrected chi connectivity index (χ1v) is 14.1. The van der Waals surface area contributed by atoms with Crippen LogP contribution in [0.25, 0.3) is 11.1 Å². The van der Waals surface area contributed by atoms with Crippen LogP contribution in [0.4, 0.5) is 0 Å². The number of hydrogen-bond donors (Lipinski definition) is 1. The number of aliphatic hydroxyl groups is 1. The Morgan fingerprint density at radius 3 is 2.44 bits per heavy atom. The molecule has 0 amide bonds. The minimum atomic E-state index is 0.163. The molecule has 3 rings (SSSR count). The van der Waals surface area contributed by atoms with Gasteiger partial charge in [-0.15, -0.1) is 0 Å². The molecule has 2 aromatic carbocycles. The Balaban J connectivity index is 1.69. The minimum absolute atomic E-state index is 0.163. The summed E-state index contributed by atoms with van der Waals surface area (Å²) in [5.41, 5.74) is 7.54. The molecule has 0 aromatic heterocycles. The van der Waals surface area contributed by atoms with Crippen molar-refractivity contribution in [2.45, 2.75) is 59.3 Å². The Kier molecular flexibility index (Phi) is 11.5. The molecule has 0 saturated carbocycles. The van der Waals surface area contributed by atoms with Gasteiger partial charge in [0, 0.05) is 37.0 Å². The molecule has 2 unspecified atom stereocenters. The van der Waals surface area contributed by atoms with Crippen LogP contribution in [0.2, 0.25) is 0 Å². The van der Waals surface area contributed by atoms with Gasteiger partial charge in [0.25, 0.3) is 0 Å². The quantitative estimate of drug-likeness (QED) is 0.130. The summed E-state index contributed by atoms with van der Waals surface area (Å²) in [6.45, 7) is 10.8. The average molecular weight is 525 g/mol. The number of methoxy groups -OCH3 is 1. The fourth-order valence-corrected chi connectivity index (χ4v) is 4.84. The first-order valence-electron chi connectivity index (χ1n) is 14.1. The topological polar surface area (TPSA) is 54.2 Å². The molecule has 39 heavy (non-hydrogen) atoms. The molecule has 2 atom stereocenters. The largest absolute Gasteiger partial charge is 0.512 e. The Bertz CT molecular complexity index is 1240. The molecule has 0 saturated heterocycles. The first kappa shape index (κ1) is 29.9. The molecule has 4 nitrogen and oxygen atoms in total. The van der Waals surface area contributed by atoms with Gasteiger partial charge in [-0.2, -0.15) is 0 Å². The summed E-state index contributed by atoms with van der Waals surface area (Å²) >= 11 is 0. The SMILES string of the molecule is C=C(/C=C(\O)CC/C=C1/N=C(c2ccc(OC)cc2)CC(C)C1C=NC)c1ccc(/C(C)=C\CCCC)cc1. The van der Waals surface area contributed by atoms with Crippen LogP contribution in [0.5, 0.6) is 5.75 Å². The van der Waals surface area contributed by atoms with Crippen molar-refractivity contribution < 1.29 is 9.84 Å². The van der Waals surface area contributed by atoms with E-state index >= 15 is 0 Å². The molecule has 1 aliphatic rings. The maximum Gasteiger partial charge on any atom is 0.118 e. The van der Waals surface area contributed by atoms with Gasteiger partial charge in [0.1, 0.15) is 5.75 Å². The fraction of sp³-hybridized carbons (Fsp3) is 0.371. The summed E-state index contributed by atoms with van der Waals surface area (Å²) < 4.78 is 5.30. The third kappa shape index (κ3) is 8.68. The van der Waals surface area contributed by atoms with E-state index in [2.05, 4.69) is 80.9 Å². The number of aliphatic imine (C=N–C) groups is 2. The lowest BCUT2D eigenvalue weighted by Crippen LogP contribution is -2.24. The van der Waals surface area contributed by atoms with E-state index < -0.39 is 0 Å². The van der Waals surface area contributed by atoms with Crippen molar-refractivity contribution in [1.82, 2.24) is 0 Å². The summed E-state index contributed by atoms with van der Waals surface area (Å²) in [5, 5.41) is 10.7. The van der Waals surface area contributed by atoms with E-state index in [1.54, 1.807) is 13.2 Å². The number of benzene rings is 2. The number of ether oxygens (including phenoxy) is 1. The van der Waals surface area contributed by atoms with Gasteiger partial charge < -0.3 is 14.8 Å². The molecule has 0 radical (unpaired) electrons. The zero-order valence-corrected chi connectivity index (χ0v) is 24.3. The molecule has 0 aliphatic carbocycles. The Morgan fingerprint density at radius 2 is 1.79 bits per heavy atom. The molecule has 0 spiro atoms. The van der Waals surface area contributed by atoms with Crippen LogP contribution in [0.15, 0.2) is 94.8 Å². The Labute approximate surface area is 235 Å². The lowest BCUT2D eigenvalue weighted by molar-refractivity contribution is 0.389. The van der Waals surface area contributed by atoms with Gasteiger partial charge in [0.15, 0.2) is 0 Å². The molecule has 4 heteroatoms. The molecular weight excluding hydrogens is 480 g/mol. The Hall–Kier alpha value is -3.66. The van der Waals surface area contributed by atoms with E-state index in [1.165, 1.54) is 24.0 Å². The zero-order chi connectivity index (χ0) is 28.2. The van der Waals surface area contributed by atoms with E-state index in [1.807, 2.05) is 25.4 Å². The van der Waals surface area contributed by atoms with Crippen molar-refractivity contribution in [3.63, 3.8) is 0 Å². The van der Waals surface area contributed by atoms with Crippen LogP contribution in [-0.2, 0) is 0 Å². The van der Waals surface area contributed by atoms with Gasteiger partial charge in [0.05, 0.1) is 12.9 Å². The van der Waals surface area contributed by atoms with Crippen LogP contribution in [0.1, 0.15) is 76.0 Å². The third-order valence-electron chi connectivity index (χ3n) is 7.28. The maximum atomic E-state index is 10.7. The summed E-state index contributed by atoms with van der Waals surface area (Å²) in [4.78, 5) is 9.34. The maximum absolute atomic E-state index is 10.7. The molecule has 1 N–H and O–H groups in total. The van der Waals surface area contributed by atoms with Gasteiger partial charge in [0.2, 0.25) is 0 Å². The minimum Gasteiger partial charge on any atom is -0.512 e. The zero-order valence-electron chi connectivity index (χ0n) is 24.3. The highest BCUT2D eigenvalue weighted by Crippen LogP contribution is 2.32. The van der Waals surface area contributed by atoms with E-state index in [0.29, 0.717) is 24.5 Å². The van der Waals surface area contributed by atoms with Crippen molar-refractivity contribution in [3.8, 4) is 5.75 Å². The number of hydrogen-bond acceptors (Lipinski definition) is 4. The van der Waals surface area contributed by atoms with Crippen LogP contribution in [0, 0.1) is 11.8 Å². The number of aliphatic hydroxyl groups excluding tert-OH is 1. The molecule has 0 fully saturated rings. The predicted octanol–water partition coefficient (Wildman–Crippen LogP) is 9.25. The molecule has 206 valence electrons. The highest BCUT2D eigenvalue weighted by molar-refractivity contribution is 6.02. The number of unbranched alkanes of at least 4 members (excludes halogenated alkanes) is 2. The number of allylic oxidation sites excluding steroid dienone is 7. The molecule has 1 heterocycles. The van der Waals surface area contributed by atoms with E-state index in [-0.39, 0.29) is 5.92 Å². The summed E-state index contributed by atoms with van der Waals surface area (Å²) in [5.74, 6) is 1.70. The highest BCUT2D eigenvalue weighted by atomic mass is 16.5. The van der Waals surface area contributed by atoms with Crippen LogP contribution >= 0.6 is 0 Å². The molecular formula is C35H44N2O2. The van der Waals surface area contributed by atoms with Gasteiger partial charge in [-0.25, -0.2) is 0 Å². The van der Waals surface area contributed by atoms with Gasteiger partial charge in [-0.3, -0.25) is 4.99 Å². The van der Waals surface area contributed by atoms with E-state index in [0.717, 1.165) is 46.7 Å². The summed E-state index contributed by atoms with van der Waals surface area (Å²) in [7, 11) is 3.48. The van der Waals surface area contributed by atoms with Gasteiger partial charge in [-0.05, 0) is 90.3 Å². The third-order valence-corrected chi connectivity index (χ3v) is 7.28. The van der Waals surface area contributed by atoms with Crippen LogP contribution < -0.4 is 4.74 Å². The lowest BCUT2D eigenvalue weighted by atomic mass is 9.83. The van der Waals surface area contributed by atoms with Gasteiger partial charge >= 0.3 is 0 Å². The van der Waals surface area contributed by atoms with Crippen molar-refractivity contribution in [3.05, 3.63) is 101 Å². The van der Waals surface area contributed by atoms with Gasteiger partial charge in [-0.1, -0.05) is 69.7 Å². The Morgan fingerprint density at radius 1 is 1.10 bits per heavy atom. The van der Waals surface area contributed by atoms with Crippen LogP contribution in [-0.4, -0.2) is 31.2 Å². The van der Waals surface area contributed by atoms with Crippen molar-refractivity contribution in [2.75, 3.05) is 14.2 Å². The smallest absolute Gasteiger partial charge is 0.118 e. The van der Waals surface area contributed by atoms with Crippen LogP contribution in [0.3, 0.4) is 0 Å². The van der Waals surface area contributed by atoms with Crippen molar-refractivity contribution >= 4 is 23.1 Å². The summed E-state index contributed by atoms with van der Waals surface area (Å²) in [6.07, 6.45) is 13.9. The van der Waals surface area contributed by atoms with Crippen molar-refractivity contribution in [1.29, 1.82) is 0 Å². The monoisotopic (exact) mass is 524 g/mol. The second-order valence-corrected chi connectivity index (χ2v) is 10.3. The predicted molar refractivity (Wildman–Crippen MR) is 168 cm³/mol. The van der Waals surface area contributed by atoms with E-state index in [4.69, 9.17) is 9.73 Å². The standard InChI is InChI=1S/C35H44N2O2/c1-7-8-9-11-25(2)28-14-16-29(17-15-28)26(3)22-31(38)12-10-13-34-33(24-36-5)27(4)23-35(37-34)30-18-20-32(39-6)21-19-30/h11,13-22,24,27,33,38H,3,7-10,12,23H2,1-2,4-6H3/b25-11-,31-22-,34-13+,36-24?.